The number of hydrogen-bond donors (Lipinski definition) is 1. The van der Waals surface area contributed by atoms with Crippen LogP contribution in [0.5, 0.6) is 0 Å². The summed E-state index contributed by atoms with van der Waals surface area (Å²) in [5, 5.41) is 3.66. The lowest BCUT2D eigenvalue weighted by atomic mass is 9.92. The van der Waals surface area contributed by atoms with E-state index in [0.717, 1.165) is 25.1 Å². The zero-order chi connectivity index (χ0) is 11.8. The molecule has 0 aromatic rings. The van der Waals surface area contributed by atoms with Crippen LogP contribution in [0.3, 0.4) is 0 Å². The molecular weight excluding hydrogens is 198 g/mol. The zero-order valence-corrected chi connectivity index (χ0v) is 11.3. The van der Waals surface area contributed by atoms with E-state index in [1.807, 2.05) is 0 Å². The van der Waals surface area contributed by atoms with Crippen LogP contribution in [0.2, 0.25) is 0 Å². The predicted octanol–water partition coefficient (Wildman–Crippen LogP) is 3.36. The lowest BCUT2D eigenvalue weighted by molar-refractivity contribution is 0.0637. The van der Waals surface area contributed by atoms with Crippen molar-refractivity contribution >= 4 is 0 Å². The number of ether oxygens (including phenoxy) is 1. The van der Waals surface area contributed by atoms with E-state index < -0.39 is 0 Å². The van der Waals surface area contributed by atoms with Crippen molar-refractivity contribution in [2.24, 2.45) is 5.92 Å². The minimum atomic E-state index is 0.378. The maximum atomic E-state index is 5.68. The van der Waals surface area contributed by atoms with Crippen molar-refractivity contribution in [1.29, 1.82) is 0 Å². The van der Waals surface area contributed by atoms with Crippen molar-refractivity contribution in [3.8, 4) is 0 Å². The number of rotatable bonds is 6. The maximum Gasteiger partial charge on any atom is 0.0518 e. The summed E-state index contributed by atoms with van der Waals surface area (Å²) in [6.45, 7) is 8.49. The molecule has 0 spiro atoms. The maximum absolute atomic E-state index is 5.68. The van der Waals surface area contributed by atoms with Crippen molar-refractivity contribution in [1.82, 2.24) is 5.32 Å². The minimum Gasteiger partial charge on any atom is -0.379 e. The molecule has 1 aliphatic rings. The predicted molar refractivity (Wildman–Crippen MR) is 69.7 cm³/mol. The molecule has 0 amide bonds. The van der Waals surface area contributed by atoms with Crippen LogP contribution in [-0.2, 0) is 4.74 Å². The van der Waals surface area contributed by atoms with Crippen molar-refractivity contribution < 1.29 is 4.74 Å². The summed E-state index contributed by atoms with van der Waals surface area (Å²) in [6.07, 6.45) is 8.59. The lowest BCUT2D eigenvalue weighted by Gasteiger charge is -2.26. The molecule has 1 rings (SSSR count). The first kappa shape index (κ1) is 14.0. The van der Waals surface area contributed by atoms with E-state index in [4.69, 9.17) is 4.74 Å². The van der Waals surface area contributed by atoms with Crippen molar-refractivity contribution in [2.75, 3.05) is 13.2 Å². The van der Waals surface area contributed by atoms with E-state index in [0.29, 0.717) is 6.10 Å². The van der Waals surface area contributed by atoms with Gasteiger partial charge in [0.1, 0.15) is 0 Å². The zero-order valence-electron chi connectivity index (χ0n) is 11.3. The highest BCUT2D eigenvalue weighted by Crippen LogP contribution is 2.26. The Bertz CT molecular complexity index is 170. The van der Waals surface area contributed by atoms with Crippen LogP contribution >= 0.6 is 0 Å². The second kappa shape index (κ2) is 8.08. The third-order valence-electron chi connectivity index (χ3n) is 3.57. The number of nitrogens with one attached hydrogen (secondary N) is 1. The highest BCUT2D eigenvalue weighted by atomic mass is 16.5. The Morgan fingerprint density at radius 1 is 1.19 bits per heavy atom. The Morgan fingerprint density at radius 3 is 2.62 bits per heavy atom. The van der Waals surface area contributed by atoms with E-state index >= 15 is 0 Å². The molecule has 16 heavy (non-hydrogen) atoms. The van der Waals surface area contributed by atoms with Gasteiger partial charge in [-0.05, 0) is 45.6 Å². The van der Waals surface area contributed by atoms with Gasteiger partial charge in [0.15, 0.2) is 0 Å². The average Bonchev–Trinajstić information content (AvgIpc) is 2.45. The highest BCUT2D eigenvalue weighted by Gasteiger charge is 2.22. The molecule has 0 bridgehead atoms. The SMILES string of the molecule is CCNC1CCCCCC1CCOC(C)C. The van der Waals surface area contributed by atoms with Crippen molar-refractivity contribution in [3.05, 3.63) is 0 Å². The average molecular weight is 227 g/mol. The van der Waals surface area contributed by atoms with E-state index in [2.05, 4.69) is 26.1 Å². The molecule has 0 aromatic carbocycles. The van der Waals surface area contributed by atoms with Gasteiger partial charge >= 0.3 is 0 Å². The van der Waals surface area contributed by atoms with Crippen molar-refractivity contribution in [2.45, 2.75) is 71.4 Å². The molecular formula is C14H29NO. The third kappa shape index (κ3) is 5.31. The first-order chi connectivity index (χ1) is 7.74. The molecule has 0 heterocycles. The van der Waals surface area contributed by atoms with Crippen molar-refractivity contribution in [3.63, 3.8) is 0 Å². The van der Waals surface area contributed by atoms with Gasteiger partial charge in [-0.15, -0.1) is 0 Å². The molecule has 0 radical (unpaired) electrons. The summed E-state index contributed by atoms with van der Waals surface area (Å²) in [6, 6.07) is 0.739. The molecule has 1 N–H and O–H groups in total. The highest BCUT2D eigenvalue weighted by molar-refractivity contribution is 4.79. The van der Waals surface area contributed by atoms with Gasteiger partial charge in [-0.25, -0.2) is 0 Å². The molecule has 1 saturated carbocycles. The summed E-state index contributed by atoms with van der Waals surface area (Å²) >= 11 is 0. The monoisotopic (exact) mass is 227 g/mol. The topological polar surface area (TPSA) is 21.3 Å². The minimum absolute atomic E-state index is 0.378. The fourth-order valence-electron chi connectivity index (χ4n) is 2.72. The van der Waals surface area contributed by atoms with E-state index in [1.165, 1.54) is 38.5 Å². The van der Waals surface area contributed by atoms with Gasteiger partial charge in [0, 0.05) is 12.6 Å². The second-order valence-corrected chi connectivity index (χ2v) is 5.27. The molecule has 2 atom stereocenters. The Hall–Kier alpha value is -0.0800. The van der Waals surface area contributed by atoms with E-state index in [-0.39, 0.29) is 0 Å². The fraction of sp³-hybridized carbons (Fsp3) is 1.00. The molecule has 1 fully saturated rings. The molecule has 1 aliphatic carbocycles. The van der Waals surface area contributed by atoms with Crippen LogP contribution in [0.25, 0.3) is 0 Å². The normalized spacial score (nSPS) is 27.0. The second-order valence-electron chi connectivity index (χ2n) is 5.27. The van der Waals surface area contributed by atoms with Crippen LogP contribution in [0.4, 0.5) is 0 Å². The number of hydrogen-bond acceptors (Lipinski definition) is 2. The Balaban J connectivity index is 2.32. The van der Waals surface area contributed by atoms with E-state index in [1.54, 1.807) is 0 Å². The van der Waals surface area contributed by atoms with Gasteiger partial charge in [0.25, 0.3) is 0 Å². The van der Waals surface area contributed by atoms with Gasteiger partial charge in [0.2, 0.25) is 0 Å². The Labute approximate surface area is 101 Å². The van der Waals surface area contributed by atoms with Crippen LogP contribution in [0, 0.1) is 5.92 Å². The van der Waals surface area contributed by atoms with Gasteiger partial charge in [0.05, 0.1) is 6.10 Å². The fourth-order valence-corrected chi connectivity index (χ4v) is 2.72. The van der Waals surface area contributed by atoms with E-state index in [9.17, 15) is 0 Å². The molecule has 0 aliphatic heterocycles. The molecule has 2 nitrogen and oxygen atoms in total. The standard InChI is InChI=1S/C14H29NO/c1-4-15-14-9-7-5-6-8-13(14)10-11-16-12(2)3/h12-15H,4-11H2,1-3H3. The molecule has 0 saturated heterocycles. The molecule has 96 valence electrons. The largest absolute Gasteiger partial charge is 0.379 e. The van der Waals surface area contributed by atoms with Crippen LogP contribution < -0.4 is 5.32 Å². The lowest BCUT2D eigenvalue weighted by Crippen LogP contribution is -2.36. The van der Waals surface area contributed by atoms with Crippen LogP contribution in [0.15, 0.2) is 0 Å². The van der Waals surface area contributed by atoms with Crippen LogP contribution in [0.1, 0.15) is 59.3 Å². The summed E-state index contributed by atoms with van der Waals surface area (Å²) in [7, 11) is 0. The Morgan fingerprint density at radius 2 is 1.94 bits per heavy atom. The quantitative estimate of drug-likeness (QED) is 0.703. The van der Waals surface area contributed by atoms with Gasteiger partial charge in [-0.2, -0.15) is 0 Å². The third-order valence-corrected chi connectivity index (χ3v) is 3.57. The summed E-state index contributed by atoms with van der Waals surface area (Å²) in [5.74, 6) is 0.834. The Kier molecular flexibility index (Phi) is 7.06. The summed E-state index contributed by atoms with van der Waals surface area (Å²) in [5.41, 5.74) is 0. The smallest absolute Gasteiger partial charge is 0.0518 e. The molecule has 2 heteroatoms. The molecule has 0 aromatic heterocycles. The van der Waals surface area contributed by atoms with Gasteiger partial charge in [-0.1, -0.05) is 26.2 Å². The summed E-state index contributed by atoms with van der Waals surface area (Å²) in [4.78, 5) is 0. The first-order valence-electron chi connectivity index (χ1n) is 7.09. The molecule has 2 unspecified atom stereocenters. The first-order valence-corrected chi connectivity index (χ1v) is 7.09. The van der Waals surface area contributed by atoms with Crippen LogP contribution in [-0.4, -0.2) is 25.3 Å². The summed E-state index contributed by atoms with van der Waals surface area (Å²) < 4.78 is 5.68. The van der Waals surface area contributed by atoms with Gasteiger partial charge < -0.3 is 10.1 Å². The van der Waals surface area contributed by atoms with Gasteiger partial charge in [-0.3, -0.25) is 0 Å².